The van der Waals surface area contributed by atoms with Gasteiger partial charge in [-0.05, 0) is 60.3 Å². The van der Waals surface area contributed by atoms with Gasteiger partial charge >= 0.3 is 0 Å². The van der Waals surface area contributed by atoms with Crippen molar-refractivity contribution in [1.29, 1.82) is 0 Å². The summed E-state index contributed by atoms with van der Waals surface area (Å²) in [6.45, 7) is 0. The van der Waals surface area contributed by atoms with Gasteiger partial charge in [-0.15, -0.1) is 0 Å². The second kappa shape index (κ2) is 8.87. The van der Waals surface area contributed by atoms with Gasteiger partial charge in [0.05, 0.1) is 37.4 Å². The molecule has 5 rings (SSSR count). The Morgan fingerprint density at radius 2 is 1.71 bits per heavy atom. The Morgan fingerprint density at radius 3 is 2.41 bits per heavy atom. The molecule has 0 bridgehead atoms. The Labute approximate surface area is 207 Å². The van der Waals surface area contributed by atoms with Gasteiger partial charge in [0, 0.05) is 13.1 Å². The highest BCUT2D eigenvalue weighted by Gasteiger charge is 2.35. The van der Waals surface area contributed by atoms with Crippen molar-refractivity contribution in [2.24, 2.45) is 12.0 Å². The lowest BCUT2D eigenvalue weighted by molar-refractivity contribution is -0.113. The molecule has 1 fully saturated rings. The summed E-state index contributed by atoms with van der Waals surface area (Å²) in [5, 5.41) is 0.0515. The van der Waals surface area contributed by atoms with E-state index in [0.29, 0.717) is 22.1 Å². The minimum Gasteiger partial charge on any atom is -0.328 e. The molecule has 0 spiro atoms. The van der Waals surface area contributed by atoms with Gasteiger partial charge in [-0.3, -0.25) is 9.69 Å². The van der Waals surface area contributed by atoms with Gasteiger partial charge < -0.3 is 4.57 Å². The van der Waals surface area contributed by atoms with E-state index in [2.05, 4.69) is 9.98 Å². The van der Waals surface area contributed by atoms with Crippen molar-refractivity contribution < 1.29 is 13.6 Å². The average Bonchev–Trinajstić information content (AvgIpc) is 3.29. The van der Waals surface area contributed by atoms with E-state index in [4.69, 9.17) is 23.2 Å². The molecule has 1 aliphatic rings. The number of carbonyl (C=O) groups is 1. The van der Waals surface area contributed by atoms with Gasteiger partial charge in [-0.25, -0.2) is 18.8 Å². The van der Waals surface area contributed by atoms with Crippen LogP contribution >= 0.6 is 35.0 Å². The molecule has 4 aromatic rings. The fraction of sp³-hybridized carbons (Fsp3) is 0.0417. The number of amidine groups is 1. The van der Waals surface area contributed by atoms with E-state index in [1.165, 1.54) is 41.3 Å². The number of hydrogen-bond acceptors (Lipinski definition) is 4. The van der Waals surface area contributed by atoms with Crippen LogP contribution in [0, 0.1) is 11.6 Å². The van der Waals surface area contributed by atoms with Crippen molar-refractivity contribution in [3.63, 3.8) is 0 Å². The summed E-state index contributed by atoms with van der Waals surface area (Å²) in [5.41, 5.74) is 2.40. The molecule has 1 aromatic heterocycles. The molecule has 0 atom stereocenters. The lowest BCUT2D eigenvalue weighted by Crippen LogP contribution is -2.28. The van der Waals surface area contributed by atoms with Crippen molar-refractivity contribution in [3.8, 4) is 0 Å². The number of imidazole rings is 1. The highest BCUT2D eigenvalue weighted by Crippen LogP contribution is 2.38. The maximum Gasteiger partial charge on any atom is 0.271 e. The van der Waals surface area contributed by atoms with E-state index >= 15 is 0 Å². The number of aryl methyl sites for hydroxylation is 1. The van der Waals surface area contributed by atoms with Gasteiger partial charge in [0.25, 0.3) is 5.91 Å². The Bertz CT molecular complexity index is 1530. The molecule has 1 saturated heterocycles. The highest BCUT2D eigenvalue weighted by molar-refractivity contribution is 8.19. The van der Waals surface area contributed by atoms with E-state index in [9.17, 15) is 13.6 Å². The Balaban J connectivity index is 1.62. The number of anilines is 1. The van der Waals surface area contributed by atoms with E-state index in [-0.39, 0.29) is 21.1 Å². The number of benzene rings is 3. The number of thioether (sulfide) groups is 1. The molecule has 34 heavy (non-hydrogen) atoms. The molecule has 1 amide bonds. The molecule has 0 unspecified atom stereocenters. The molecule has 3 aromatic carbocycles. The number of para-hydroxylation sites is 2. The quantitative estimate of drug-likeness (QED) is 0.277. The van der Waals surface area contributed by atoms with Crippen molar-refractivity contribution in [2.75, 3.05) is 4.90 Å². The Kier molecular flexibility index (Phi) is 5.89. The number of hydrogen-bond donors (Lipinski definition) is 0. The van der Waals surface area contributed by atoms with E-state index < -0.39 is 11.6 Å². The smallest absolute Gasteiger partial charge is 0.271 e. The minimum absolute atomic E-state index is 0.0944. The normalized spacial score (nSPS) is 16.4. The third kappa shape index (κ3) is 4.09. The second-order valence-corrected chi connectivity index (χ2v) is 9.18. The van der Waals surface area contributed by atoms with Crippen LogP contribution in [-0.2, 0) is 11.8 Å². The van der Waals surface area contributed by atoms with E-state index in [1.807, 2.05) is 35.9 Å². The number of fused-ring (bicyclic) bond motifs is 1. The van der Waals surface area contributed by atoms with Crippen LogP contribution in [0.5, 0.6) is 0 Å². The third-order valence-corrected chi connectivity index (χ3v) is 6.73. The first kappa shape index (κ1) is 22.6. The first-order valence-electron chi connectivity index (χ1n) is 9.96. The number of carbonyl (C=O) groups excluding carboxylic acids is 1. The number of amides is 1. The van der Waals surface area contributed by atoms with Crippen LogP contribution in [0.4, 0.5) is 20.2 Å². The van der Waals surface area contributed by atoms with Crippen LogP contribution < -0.4 is 4.90 Å². The summed E-state index contributed by atoms with van der Waals surface area (Å²) in [4.78, 5) is 24.2. The van der Waals surface area contributed by atoms with Crippen molar-refractivity contribution in [3.05, 3.63) is 93.1 Å². The zero-order valence-corrected chi connectivity index (χ0v) is 19.8. The van der Waals surface area contributed by atoms with Gasteiger partial charge in [-0.2, -0.15) is 0 Å². The predicted octanol–water partition coefficient (Wildman–Crippen LogP) is 6.97. The average molecular weight is 515 g/mol. The number of aliphatic imine (C=N–C) groups is 1. The topological polar surface area (TPSA) is 50.5 Å². The summed E-state index contributed by atoms with van der Waals surface area (Å²) < 4.78 is 29.3. The molecular formula is C24H14Cl2F2N4OS. The maximum atomic E-state index is 13.8. The lowest BCUT2D eigenvalue weighted by Gasteiger charge is -2.16. The second-order valence-electron chi connectivity index (χ2n) is 7.36. The third-order valence-electron chi connectivity index (χ3n) is 5.18. The molecule has 10 heteroatoms. The lowest BCUT2D eigenvalue weighted by atomic mass is 10.2. The van der Waals surface area contributed by atoms with E-state index in [0.717, 1.165) is 22.8 Å². The van der Waals surface area contributed by atoms with Crippen LogP contribution in [0.2, 0.25) is 10.0 Å². The van der Waals surface area contributed by atoms with Crippen molar-refractivity contribution in [2.45, 2.75) is 0 Å². The SMILES string of the molecule is Cn1c(C=C2SC(=Nc3ccc(F)c(Cl)c3)N(c3ccc(F)c(Cl)c3)C2=O)nc2ccccc21. The molecule has 0 saturated carbocycles. The summed E-state index contributed by atoms with van der Waals surface area (Å²) in [6.07, 6.45) is 1.67. The van der Waals surface area contributed by atoms with Crippen molar-refractivity contribution >= 4 is 74.5 Å². The van der Waals surface area contributed by atoms with Crippen LogP contribution in [0.15, 0.2) is 70.6 Å². The number of aromatic nitrogens is 2. The number of rotatable bonds is 3. The van der Waals surface area contributed by atoms with Crippen LogP contribution in [-0.4, -0.2) is 20.6 Å². The van der Waals surface area contributed by atoms with Gasteiger partial charge in [0.1, 0.15) is 17.5 Å². The molecule has 0 radical (unpaired) electrons. The Morgan fingerprint density at radius 1 is 1.00 bits per heavy atom. The molecule has 170 valence electrons. The monoisotopic (exact) mass is 514 g/mol. The predicted molar refractivity (Wildman–Crippen MR) is 134 cm³/mol. The highest BCUT2D eigenvalue weighted by atomic mass is 35.5. The fourth-order valence-corrected chi connectivity index (χ4v) is 4.80. The molecule has 2 heterocycles. The standard InChI is InChI=1S/C24H14Cl2F2N4OS/c1-31-20-5-3-2-4-19(20)30-22(31)12-21-23(33)32(14-7-9-18(28)16(26)11-14)24(34-21)29-13-6-8-17(27)15(25)10-13/h2-12H,1H3. The minimum atomic E-state index is -0.607. The van der Waals surface area contributed by atoms with E-state index in [1.54, 1.807) is 6.08 Å². The summed E-state index contributed by atoms with van der Waals surface area (Å²) in [7, 11) is 1.86. The van der Waals surface area contributed by atoms with Crippen molar-refractivity contribution in [1.82, 2.24) is 9.55 Å². The maximum absolute atomic E-state index is 13.8. The number of halogens is 4. The summed E-state index contributed by atoms with van der Waals surface area (Å²) >= 11 is 13.0. The Hall–Kier alpha value is -3.20. The van der Waals surface area contributed by atoms with Crippen LogP contribution in [0.1, 0.15) is 5.82 Å². The molecular weight excluding hydrogens is 501 g/mol. The largest absolute Gasteiger partial charge is 0.328 e. The first-order valence-corrected chi connectivity index (χ1v) is 11.5. The molecule has 5 nitrogen and oxygen atoms in total. The molecule has 1 aliphatic heterocycles. The first-order chi connectivity index (χ1) is 16.3. The fourth-order valence-electron chi connectivity index (χ4n) is 3.48. The van der Waals surface area contributed by atoms with Crippen LogP contribution in [0.3, 0.4) is 0 Å². The zero-order chi connectivity index (χ0) is 24.0. The number of nitrogens with zero attached hydrogens (tertiary/aromatic N) is 4. The summed E-state index contributed by atoms with van der Waals surface area (Å²) in [6, 6.07) is 15.6. The van der Waals surface area contributed by atoms with Gasteiger partial charge in [-0.1, -0.05) is 35.3 Å². The zero-order valence-electron chi connectivity index (χ0n) is 17.5. The van der Waals surface area contributed by atoms with Gasteiger partial charge in [0.2, 0.25) is 0 Å². The van der Waals surface area contributed by atoms with Gasteiger partial charge in [0.15, 0.2) is 5.17 Å². The molecule has 0 N–H and O–H groups in total. The molecule has 0 aliphatic carbocycles. The summed E-state index contributed by atoms with van der Waals surface area (Å²) in [5.74, 6) is -0.985. The van der Waals surface area contributed by atoms with Crippen LogP contribution in [0.25, 0.3) is 17.1 Å².